The molecule has 6 heteroatoms. The lowest BCUT2D eigenvalue weighted by Crippen LogP contribution is -2.37. The molecule has 0 aliphatic carbocycles. The maximum Gasteiger partial charge on any atom is 0.337 e. The zero-order chi connectivity index (χ0) is 17.5. The minimum atomic E-state index is -0.790. The Balaban J connectivity index is 1.87. The summed E-state index contributed by atoms with van der Waals surface area (Å²) in [7, 11) is 1.32. The quantitative estimate of drug-likeness (QED) is 0.610. The van der Waals surface area contributed by atoms with E-state index in [1.807, 2.05) is 0 Å². The van der Waals surface area contributed by atoms with Gasteiger partial charge in [0.25, 0.3) is 5.91 Å². The lowest BCUT2D eigenvalue weighted by atomic mass is 10.1. The molecular formula is C18H21NO5. The summed E-state index contributed by atoms with van der Waals surface area (Å²) < 4.78 is 9.75. The number of benzene rings is 1. The van der Waals surface area contributed by atoms with Crippen molar-refractivity contribution in [1.82, 2.24) is 4.90 Å². The van der Waals surface area contributed by atoms with E-state index in [0.717, 1.165) is 31.5 Å². The maximum absolute atomic E-state index is 12.1. The third kappa shape index (κ3) is 4.68. The molecule has 1 aliphatic heterocycles. The van der Waals surface area contributed by atoms with Crippen molar-refractivity contribution in [2.45, 2.75) is 25.9 Å². The molecule has 0 radical (unpaired) electrons. The van der Waals surface area contributed by atoms with Gasteiger partial charge < -0.3 is 14.4 Å². The molecule has 1 saturated heterocycles. The van der Waals surface area contributed by atoms with Crippen molar-refractivity contribution in [2.24, 2.45) is 0 Å². The van der Waals surface area contributed by atoms with Crippen molar-refractivity contribution in [1.29, 1.82) is 0 Å². The van der Waals surface area contributed by atoms with Crippen molar-refractivity contribution < 1.29 is 23.9 Å². The molecule has 1 heterocycles. The SMILES string of the molecule is COC(=O)c1ccc(/C=C/C(=O)O[C@H](C)C(=O)N2CCCC2)cc1. The van der Waals surface area contributed by atoms with Gasteiger partial charge in [-0.15, -0.1) is 0 Å². The van der Waals surface area contributed by atoms with Gasteiger partial charge in [-0.25, -0.2) is 9.59 Å². The second kappa shape index (κ2) is 8.29. The van der Waals surface area contributed by atoms with Crippen LogP contribution in [0.2, 0.25) is 0 Å². The summed E-state index contributed by atoms with van der Waals surface area (Å²) in [5.41, 5.74) is 1.17. The van der Waals surface area contributed by atoms with Crippen LogP contribution in [0.1, 0.15) is 35.7 Å². The Hall–Kier alpha value is -2.63. The van der Waals surface area contributed by atoms with Crippen LogP contribution in [-0.2, 0) is 19.1 Å². The van der Waals surface area contributed by atoms with Crippen LogP contribution < -0.4 is 0 Å². The van der Waals surface area contributed by atoms with E-state index in [9.17, 15) is 14.4 Å². The number of ether oxygens (including phenoxy) is 2. The van der Waals surface area contributed by atoms with Crippen LogP contribution >= 0.6 is 0 Å². The van der Waals surface area contributed by atoms with E-state index in [0.29, 0.717) is 5.56 Å². The topological polar surface area (TPSA) is 72.9 Å². The average Bonchev–Trinajstić information content (AvgIpc) is 3.13. The predicted molar refractivity (Wildman–Crippen MR) is 88.2 cm³/mol. The molecule has 6 nitrogen and oxygen atoms in total. The van der Waals surface area contributed by atoms with E-state index in [1.54, 1.807) is 42.2 Å². The third-order valence-corrected chi connectivity index (χ3v) is 3.80. The predicted octanol–water partition coefficient (Wildman–Crippen LogP) is 2.04. The molecule has 1 aromatic carbocycles. The molecule has 0 spiro atoms. The summed E-state index contributed by atoms with van der Waals surface area (Å²) in [4.78, 5) is 36.9. The molecule has 0 saturated carbocycles. The molecule has 0 unspecified atom stereocenters. The molecule has 1 fully saturated rings. The maximum atomic E-state index is 12.1. The largest absolute Gasteiger partial charge is 0.465 e. The van der Waals surface area contributed by atoms with Crippen LogP contribution in [0.5, 0.6) is 0 Å². The first-order chi connectivity index (χ1) is 11.5. The highest BCUT2D eigenvalue weighted by Crippen LogP contribution is 2.11. The Labute approximate surface area is 141 Å². The number of likely N-dealkylation sites (tertiary alicyclic amines) is 1. The Morgan fingerprint density at radius 2 is 1.75 bits per heavy atom. The van der Waals surface area contributed by atoms with Crippen molar-refractivity contribution in [3.05, 3.63) is 41.5 Å². The smallest absolute Gasteiger partial charge is 0.337 e. The summed E-state index contributed by atoms with van der Waals surface area (Å²) in [6, 6.07) is 6.59. The van der Waals surface area contributed by atoms with Crippen molar-refractivity contribution >= 4 is 23.9 Å². The summed E-state index contributed by atoms with van der Waals surface area (Å²) in [6.07, 6.45) is 4.03. The zero-order valence-electron chi connectivity index (χ0n) is 13.9. The van der Waals surface area contributed by atoms with Gasteiger partial charge in [-0.2, -0.15) is 0 Å². The van der Waals surface area contributed by atoms with Crippen LogP contribution in [-0.4, -0.2) is 49.0 Å². The van der Waals surface area contributed by atoms with Crippen molar-refractivity contribution in [3.8, 4) is 0 Å². The number of rotatable bonds is 5. The number of amides is 1. The highest BCUT2D eigenvalue weighted by atomic mass is 16.5. The van der Waals surface area contributed by atoms with Crippen LogP contribution in [0.15, 0.2) is 30.3 Å². The highest BCUT2D eigenvalue weighted by Gasteiger charge is 2.25. The number of hydrogen-bond donors (Lipinski definition) is 0. The number of nitrogens with zero attached hydrogens (tertiary/aromatic N) is 1. The second-order valence-electron chi connectivity index (χ2n) is 5.56. The van der Waals surface area contributed by atoms with Crippen molar-refractivity contribution in [3.63, 3.8) is 0 Å². The minimum absolute atomic E-state index is 0.156. The molecule has 1 aromatic rings. The molecule has 1 aliphatic rings. The van der Waals surface area contributed by atoms with Crippen LogP contribution in [0.4, 0.5) is 0 Å². The van der Waals surface area contributed by atoms with Gasteiger partial charge >= 0.3 is 11.9 Å². The fourth-order valence-electron chi connectivity index (χ4n) is 2.47. The molecule has 24 heavy (non-hydrogen) atoms. The Bertz CT molecular complexity index is 629. The first kappa shape index (κ1) is 17.7. The normalized spacial score (nSPS) is 15.3. The first-order valence-corrected chi connectivity index (χ1v) is 7.87. The number of carbonyl (C=O) groups excluding carboxylic acids is 3. The van der Waals surface area contributed by atoms with E-state index in [-0.39, 0.29) is 5.91 Å². The molecule has 1 amide bonds. The van der Waals surface area contributed by atoms with Gasteiger partial charge in [0, 0.05) is 19.2 Å². The van der Waals surface area contributed by atoms with E-state index in [1.165, 1.54) is 13.2 Å². The van der Waals surface area contributed by atoms with Gasteiger partial charge in [-0.05, 0) is 43.5 Å². The summed E-state index contributed by atoms with van der Waals surface area (Å²) >= 11 is 0. The highest BCUT2D eigenvalue weighted by molar-refractivity contribution is 5.91. The van der Waals surface area contributed by atoms with Gasteiger partial charge in [-0.1, -0.05) is 12.1 Å². The second-order valence-corrected chi connectivity index (χ2v) is 5.56. The summed E-state index contributed by atoms with van der Waals surface area (Å²) in [5, 5.41) is 0. The van der Waals surface area contributed by atoms with E-state index >= 15 is 0 Å². The molecule has 1 atom stereocenters. The first-order valence-electron chi connectivity index (χ1n) is 7.87. The van der Waals surface area contributed by atoms with Crippen LogP contribution in [0.25, 0.3) is 6.08 Å². The minimum Gasteiger partial charge on any atom is -0.465 e. The van der Waals surface area contributed by atoms with Gasteiger partial charge in [-0.3, -0.25) is 4.79 Å². The van der Waals surface area contributed by atoms with Gasteiger partial charge in [0.15, 0.2) is 6.10 Å². The fourth-order valence-corrected chi connectivity index (χ4v) is 2.47. The lowest BCUT2D eigenvalue weighted by molar-refractivity contribution is -0.154. The van der Waals surface area contributed by atoms with E-state index in [2.05, 4.69) is 4.74 Å². The van der Waals surface area contributed by atoms with Crippen LogP contribution in [0.3, 0.4) is 0 Å². The van der Waals surface area contributed by atoms with Crippen LogP contribution in [0, 0.1) is 0 Å². The molecular weight excluding hydrogens is 310 g/mol. The summed E-state index contributed by atoms with van der Waals surface area (Å²) in [6.45, 7) is 3.03. The van der Waals surface area contributed by atoms with E-state index < -0.39 is 18.0 Å². The Morgan fingerprint density at radius 3 is 2.33 bits per heavy atom. The summed E-state index contributed by atoms with van der Waals surface area (Å²) in [5.74, 6) is -1.15. The zero-order valence-corrected chi connectivity index (χ0v) is 13.9. The van der Waals surface area contributed by atoms with Gasteiger partial charge in [0.1, 0.15) is 0 Å². The van der Waals surface area contributed by atoms with Crippen molar-refractivity contribution in [2.75, 3.05) is 20.2 Å². The average molecular weight is 331 g/mol. The lowest BCUT2D eigenvalue weighted by Gasteiger charge is -2.19. The number of hydrogen-bond acceptors (Lipinski definition) is 5. The molecule has 0 N–H and O–H groups in total. The number of carbonyl (C=O) groups is 3. The van der Waals surface area contributed by atoms with Gasteiger partial charge in [0.05, 0.1) is 12.7 Å². The Kier molecular flexibility index (Phi) is 6.12. The molecule has 128 valence electrons. The number of methoxy groups -OCH3 is 1. The monoisotopic (exact) mass is 331 g/mol. The van der Waals surface area contributed by atoms with E-state index in [4.69, 9.17) is 4.74 Å². The molecule has 0 bridgehead atoms. The Morgan fingerprint density at radius 1 is 1.12 bits per heavy atom. The fraction of sp³-hybridized carbons (Fsp3) is 0.389. The standard InChI is InChI=1S/C18H21NO5/c1-13(17(21)19-11-3-4-12-19)24-16(20)10-7-14-5-8-15(9-6-14)18(22)23-2/h5-10,13H,3-4,11-12H2,1-2H3/b10-7+/t13-/m1/s1. The number of esters is 2. The molecule has 0 aromatic heterocycles. The van der Waals surface area contributed by atoms with Gasteiger partial charge in [0.2, 0.25) is 0 Å². The molecule has 2 rings (SSSR count). The third-order valence-electron chi connectivity index (χ3n) is 3.80.